The van der Waals surface area contributed by atoms with E-state index < -0.39 is 30.1 Å². The minimum Gasteiger partial charge on any atom is -0.399 e. The summed E-state index contributed by atoms with van der Waals surface area (Å²) in [6.07, 6.45) is -3.08. The lowest BCUT2D eigenvalue weighted by Crippen LogP contribution is -2.41. The lowest BCUT2D eigenvalue weighted by atomic mass is 9.76. The van der Waals surface area contributed by atoms with Crippen molar-refractivity contribution in [2.24, 2.45) is 0 Å². The summed E-state index contributed by atoms with van der Waals surface area (Å²) in [6, 6.07) is 2.42. The number of nitrogens with zero attached hydrogens (tertiary/aromatic N) is 1. The van der Waals surface area contributed by atoms with E-state index in [9.17, 15) is 13.2 Å². The van der Waals surface area contributed by atoms with Crippen molar-refractivity contribution < 1.29 is 22.5 Å². The van der Waals surface area contributed by atoms with Gasteiger partial charge in [0, 0.05) is 5.39 Å². The van der Waals surface area contributed by atoms with E-state index in [0.717, 1.165) is 6.07 Å². The SMILES string of the molecule is CC1(C)OB(c2ccc(C(F)(F)F)c3[nH]ncc23)OC1(C)C. The van der Waals surface area contributed by atoms with Crippen LogP contribution < -0.4 is 5.46 Å². The van der Waals surface area contributed by atoms with Gasteiger partial charge in [0.1, 0.15) is 0 Å². The van der Waals surface area contributed by atoms with Crippen molar-refractivity contribution in [1.82, 2.24) is 10.2 Å². The van der Waals surface area contributed by atoms with E-state index in [2.05, 4.69) is 10.2 Å². The van der Waals surface area contributed by atoms with Crippen LogP contribution in [0, 0.1) is 0 Å². The Morgan fingerprint density at radius 2 is 1.68 bits per heavy atom. The summed E-state index contributed by atoms with van der Waals surface area (Å²) < 4.78 is 50.9. The Balaban J connectivity index is 2.10. The van der Waals surface area contributed by atoms with Gasteiger partial charge in [-0.3, -0.25) is 5.10 Å². The summed E-state index contributed by atoms with van der Waals surface area (Å²) in [6.45, 7) is 7.57. The van der Waals surface area contributed by atoms with Gasteiger partial charge in [0.25, 0.3) is 0 Å². The third-order valence-electron chi connectivity index (χ3n) is 4.46. The number of aromatic amines is 1. The molecule has 22 heavy (non-hydrogen) atoms. The van der Waals surface area contributed by atoms with Crippen molar-refractivity contribution in [2.45, 2.75) is 45.1 Å². The second kappa shape index (κ2) is 4.49. The summed E-state index contributed by atoms with van der Waals surface area (Å²) in [5.74, 6) is 0. The first-order valence-corrected chi connectivity index (χ1v) is 6.92. The number of rotatable bonds is 1. The van der Waals surface area contributed by atoms with Gasteiger partial charge in [-0.15, -0.1) is 0 Å². The highest BCUT2D eigenvalue weighted by Crippen LogP contribution is 2.38. The zero-order chi connectivity index (χ0) is 16.3. The highest BCUT2D eigenvalue weighted by atomic mass is 19.4. The van der Waals surface area contributed by atoms with Crippen molar-refractivity contribution in [1.29, 1.82) is 0 Å². The molecule has 0 aliphatic carbocycles. The molecule has 0 amide bonds. The Morgan fingerprint density at radius 1 is 1.09 bits per heavy atom. The van der Waals surface area contributed by atoms with Gasteiger partial charge >= 0.3 is 13.3 Å². The van der Waals surface area contributed by atoms with Crippen molar-refractivity contribution in [2.75, 3.05) is 0 Å². The Morgan fingerprint density at radius 3 is 2.23 bits per heavy atom. The molecule has 1 N–H and O–H groups in total. The molecule has 1 saturated heterocycles. The first-order valence-electron chi connectivity index (χ1n) is 6.92. The highest BCUT2D eigenvalue weighted by Gasteiger charge is 2.52. The van der Waals surface area contributed by atoms with E-state index in [1.807, 2.05) is 27.7 Å². The monoisotopic (exact) mass is 312 g/mol. The normalized spacial score (nSPS) is 20.8. The summed E-state index contributed by atoms with van der Waals surface area (Å²) >= 11 is 0. The number of nitrogens with one attached hydrogen (secondary N) is 1. The van der Waals surface area contributed by atoms with Crippen LogP contribution in [0.25, 0.3) is 10.9 Å². The predicted octanol–water partition coefficient (Wildman–Crippen LogP) is 2.88. The molecule has 118 valence electrons. The highest BCUT2D eigenvalue weighted by molar-refractivity contribution is 6.65. The zero-order valence-electron chi connectivity index (χ0n) is 12.7. The van der Waals surface area contributed by atoms with Gasteiger partial charge in [-0.05, 0) is 39.2 Å². The summed E-state index contributed by atoms with van der Waals surface area (Å²) in [5.41, 5.74) is -1.39. The minimum absolute atomic E-state index is 0.0558. The fourth-order valence-corrected chi connectivity index (χ4v) is 2.47. The Kier molecular flexibility index (Phi) is 3.13. The van der Waals surface area contributed by atoms with Crippen LogP contribution in [-0.2, 0) is 15.5 Å². The molecule has 1 fully saturated rings. The lowest BCUT2D eigenvalue weighted by Gasteiger charge is -2.32. The number of alkyl halides is 3. The maximum absolute atomic E-state index is 13.0. The van der Waals surface area contributed by atoms with Gasteiger partial charge in [-0.2, -0.15) is 18.3 Å². The summed E-state index contributed by atoms with van der Waals surface area (Å²) in [4.78, 5) is 0. The molecule has 0 atom stereocenters. The molecule has 8 heteroatoms. The Hall–Kier alpha value is -1.54. The Labute approximate surface area is 126 Å². The van der Waals surface area contributed by atoms with Crippen LogP contribution in [0.5, 0.6) is 0 Å². The number of halogens is 3. The fraction of sp³-hybridized carbons (Fsp3) is 0.500. The van der Waals surface area contributed by atoms with Crippen LogP contribution in [0.2, 0.25) is 0 Å². The second-order valence-corrected chi connectivity index (χ2v) is 6.45. The first kappa shape index (κ1) is 15.4. The van der Waals surface area contributed by atoms with Crippen molar-refractivity contribution in [3.63, 3.8) is 0 Å². The molecule has 1 aromatic heterocycles. The van der Waals surface area contributed by atoms with Gasteiger partial charge < -0.3 is 9.31 Å². The van der Waals surface area contributed by atoms with Gasteiger partial charge in [0.05, 0.1) is 28.5 Å². The van der Waals surface area contributed by atoms with Crippen molar-refractivity contribution in [3.8, 4) is 0 Å². The molecule has 1 aliphatic rings. The van der Waals surface area contributed by atoms with E-state index in [0.29, 0.717) is 10.8 Å². The number of hydrogen-bond acceptors (Lipinski definition) is 3. The van der Waals surface area contributed by atoms with Crippen LogP contribution in [0.15, 0.2) is 18.3 Å². The first-order chi connectivity index (χ1) is 10.0. The van der Waals surface area contributed by atoms with Gasteiger partial charge in [0.2, 0.25) is 0 Å². The van der Waals surface area contributed by atoms with Gasteiger partial charge in [-0.1, -0.05) is 6.07 Å². The fourth-order valence-electron chi connectivity index (χ4n) is 2.47. The van der Waals surface area contributed by atoms with Gasteiger partial charge in [-0.25, -0.2) is 0 Å². The number of H-pyrrole nitrogens is 1. The molecule has 4 nitrogen and oxygen atoms in total. The number of aromatic nitrogens is 2. The van der Waals surface area contributed by atoms with Crippen molar-refractivity contribution in [3.05, 3.63) is 23.9 Å². The molecule has 2 aromatic rings. The van der Waals surface area contributed by atoms with Crippen LogP contribution >= 0.6 is 0 Å². The maximum Gasteiger partial charge on any atom is 0.495 e. The van der Waals surface area contributed by atoms with Crippen LogP contribution in [-0.4, -0.2) is 28.5 Å². The van der Waals surface area contributed by atoms with Gasteiger partial charge in [0.15, 0.2) is 0 Å². The molecule has 0 spiro atoms. The average Bonchev–Trinajstić information content (AvgIpc) is 2.90. The van der Waals surface area contributed by atoms with E-state index in [-0.39, 0.29) is 5.52 Å². The molecule has 0 saturated carbocycles. The van der Waals surface area contributed by atoms with Crippen LogP contribution in [0.1, 0.15) is 33.3 Å². The predicted molar refractivity (Wildman–Crippen MR) is 76.8 cm³/mol. The minimum atomic E-state index is -4.45. The molecular formula is C14H16BF3N2O2. The van der Waals surface area contributed by atoms with E-state index in [1.165, 1.54) is 12.3 Å². The summed E-state index contributed by atoms with van der Waals surface area (Å²) in [7, 11) is -0.729. The molecule has 1 aromatic carbocycles. The van der Waals surface area contributed by atoms with E-state index in [4.69, 9.17) is 9.31 Å². The summed E-state index contributed by atoms with van der Waals surface area (Å²) in [5, 5.41) is 6.52. The zero-order valence-corrected chi connectivity index (χ0v) is 12.7. The number of benzene rings is 1. The van der Waals surface area contributed by atoms with Crippen LogP contribution in [0.3, 0.4) is 0 Å². The number of fused-ring (bicyclic) bond motifs is 1. The average molecular weight is 312 g/mol. The number of hydrogen-bond donors (Lipinski definition) is 1. The lowest BCUT2D eigenvalue weighted by molar-refractivity contribution is -0.136. The third-order valence-corrected chi connectivity index (χ3v) is 4.46. The smallest absolute Gasteiger partial charge is 0.399 e. The molecular weight excluding hydrogens is 296 g/mol. The third kappa shape index (κ3) is 2.21. The molecule has 3 rings (SSSR count). The maximum atomic E-state index is 13.0. The second-order valence-electron chi connectivity index (χ2n) is 6.45. The van der Waals surface area contributed by atoms with E-state index in [1.54, 1.807) is 0 Å². The largest absolute Gasteiger partial charge is 0.495 e. The van der Waals surface area contributed by atoms with Crippen LogP contribution in [0.4, 0.5) is 13.2 Å². The molecule has 0 radical (unpaired) electrons. The molecule has 0 bridgehead atoms. The standard InChI is InChI=1S/C14H16BF3N2O2/c1-12(2)13(3,4)22-15(21-12)10-6-5-9(14(16,17)18)11-8(10)7-19-20-11/h5-7H,1-4H3,(H,19,20). The van der Waals surface area contributed by atoms with E-state index >= 15 is 0 Å². The molecule has 1 aliphatic heterocycles. The molecule has 0 unspecified atom stereocenters. The molecule has 2 heterocycles. The quantitative estimate of drug-likeness (QED) is 0.824. The Bertz CT molecular complexity index is 708. The topological polar surface area (TPSA) is 47.1 Å². The van der Waals surface area contributed by atoms with Crippen molar-refractivity contribution >= 4 is 23.5 Å².